The molecule has 0 spiro atoms. The van der Waals surface area contributed by atoms with E-state index in [0.717, 1.165) is 29.6 Å². The summed E-state index contributed by atoms with van der Waals surface area (Å²) in [6.45, 7) is 3.13. The normalized spacial score (nSPS) is 12.1. The molecular weight excluding hydrogens is 294 g/mol. The summed E-state index contributed by atoms with van der Waals surface area (Å²) in [5, 5.41) is 3.47. The maximum Gasteiger partial charge on any atom is 0.0186 e. The molecule has 0 saturated heterocycles. The van der Waals surface area contributed by atoms with Crippen LogP contribution in [0.15, 0.2) is 33.6 Å². The van der Waals surface area contributed by atoms with Crippen molar-refractivity contribution in [3.05, 3.63) is 28.7 Å². The van der Waals surface area contributed by atoms with Crippen LogP contribution in [0.5, 0.6) is 0 Å². The SMILES string of the molecule is C#CCCC(CSc1cccc(Br)c1)NCC. The van der Waals surface area contributed by atoms with Gasteiger partial charge in [0.15, 0.2) is 0 Å². The molecule has 0 aliphatic carbocycles. The van der Waals surface area contributed by atoms with Crippen LogP contribution in [0.3, 0.4) is 0 Å². The van der Waals surface area contributed by atoms with Crippen LogP contribution in [-0.2, 0) is 0 Å². The van der Waals surface area contributed by atoms with Crippen LogP contribution < -0.4 is 5.32 Å². The molecule has 0 heterocycles. The highest BCUT2D eigenvalue weighted by atomic mass is 79.9. The molecule has 0 bridgehead atoms. The summed E-state index contributed by atoms with van der Waals surface area (Å²) in [5.41, 5.74) is 0. The van der Waals surface area contributed by atoms with E-state index in [1.165, 1.54) is 4.90 Å². The molecule has 1 aromatic rings. The lowest BCUT2D eigenvalue weighted by Crippen LogP contribution is -2.30. The Morgan fingerprint density at radius 3 is 3.00 bits per heavy atom. The van der Waals surface area contributed by atoms with Crippen molar-refractivity contribution in [2.24, 2.45) is 0 Å². The van der Waals surface area contributed by atoms with Crippen LogP contribution in [-0.4, -0.2) is 18.3 Å². The van der Waals surface area contributed by atoms with Gasteiger partial charge in [-0.3, -0.25) is 0 Å². The average Bonchev–Trinajstić information content (AvgIpc) is 2.33. The summed E-state index contributed by atoms with van der Waals surface area (Å²) >= 11 is 5.36. The van der Waals surface area contributed by atoms with E-state index in [4.69, 9.17) is 6.42 Å². The molecule has 3 heteroatoms. The van der Waals surface area contributed by atoms with Gasteiger partial charge in [0.05, 0.1) is 0 Å². The highest BCUT2D eigenvalue weighted by Crippen LogP contribution is 2.23. The molecule has 1 nitrogen and oxygen atoms in total. The van der Waals surface area contributed by atoms with Crippen molar-refractivity contribution < 1.29 is 0 Å². The molecule has 0 aliphatic rings. The predicted molar refractivity (Wildman–Crippen MR) is 80.4 cm³/mol. The molecule has 17 heavy (non-hydrogen) atoms. The Morgan fingerprint density at radius 1 is 1.53 bits per heavy atom. The van der Waals surface area contributed by atoms with Gasteiger partial charge in [0.1, 0.15) is 0 Å². The fraction of sp³-hybridized carbons (Fsp3) is 0.429. The van der Waals surface area contributed by atoms with Crippen molar-refractivity contribution in [3.8, 4) is 12.3 Å². The first-order valence-electron chi connectivity index (χ1n) is 5.81. The Kier molecular flexibility index (Phi) is 7.43. The van der Waals surface area contributed by atoms with Crippen molar-refractivity contribution in [2.75, 3.05) is 12.3 Å². The van der Waals surface area contributed by atoms with Crippen LogP contribution >= 0.6 is 27.7 Å². The van der Waals surface area contributed by atoms with E-state index in [2.05, 4.69) is 52.3 Å². The molecule has 1 aromatic carbocycles. The Morgan fingerprint density at radius 2 is 2.35 bits per heavy atom. The number of halogens is 1. The van der Waals surface area contributed by atoms with Crippen molar-refractivity contribution in [1.82, 2.24) is 5.32 Å². The summed E-state index contributed by atoms with van der Waals surface area (Å²) in [5.74, 6) is 3.77. The van der Waals surface area contributed by atoms with Gasteiger partial charge in [0.2, 0.25) is 0 Å². The summed E-state index contributed by atoms with van der Waals surface area (Å²) in [7, 11) is 0. The van der Waals surface area contributed by atoms with Crippen molar-refractivity contribution in [2.45, 2.75) is 30.7 Å². The first-order valence-corrected chi connectivity index (χ1v) is 7.59. The lowest BCUT2D eigenvalue weighted by atomic mass is 10.2. The summed E-state index contributed by atoms with van der Waals surface area (Å²) in [4.78, 5) is 1.29. The van der Waals surface area contributed by atoms with Crippen LogP contribution in [0.2, 0.25) is 0 Å². The largest absolute Gasteiger partial charge is 0.313 e. The second-order valence-electron chi connectivity index (χ2n) is 3.77. The van der Waals surface area contributed by atoms with E-state index in [1.807, 2.05) is 17.8 Å². The molecule has 92 valence electrons. The van der Waals surface area contributed by atoms with E-state index in [-0.39, 0.29) is 0 Å². The molecule has 0 radical (unpaired) electrons. The van der Waals surface area contributed by atoms with E-state index < -0.39 is 0 Å². The molecular formula is C14H18BrNS. The van der Waals surface area contributed by atoms with Gasteiger partial charge in [-0.15, -0.1) is 24.1 Å². The van der Waals surface area contributed by atoms with Gasteiger partial charge < -0.3 is 5.32 Å². The second-order valence-corrected chi connectivity index (χ2v) is 5.77. The third-order valence-corrected chi connectivity index (χ3v) is 4.03. The van der Waals surface area contributed by atoms with Crippen molar-refractivity contribution >= 4 is 27.7 Å². The van der Waals surface area contributed by atoms with Crippen LogP contribution in [0.25, 0.3) is 0 Å². The maximum atomic E-state index is 5.31. The molecule has 1 N–H and O–H groups in total. The number of nitrogens with one attached hydrogen (secondary N) is 1. The van der Waals surface area contributed by atoms with Crippen LogP contribution in [0, 0.1) is 12.3 Å². The molecule has 1 atom stereocenters. The zero-order chi connectivity index (χ0) is 12.5. The quantitative estimate of drug-likeness (QED) is 0.605. The van der Waals surface area contributed by atoms with E-state index >= 15 is 0 Å². The standard InChI is InChI=1S/C14H18BrNS/c1-3-5-8-13(16-4-2)11-17-14-9-6-7-12(15)10-14/h1,6-7,9-10,13,16H,4-5,8,11H2,2H3. The zero-order valence-corrected chi connectivity index (χ0v) is 12.5. The Bertz CT molecular complexity index is 373. The maximum absolute atomic E-state index is 5.31. The molecule has 0 fully saturated rings. The minimum absolute atomic E-state index is 0.500. The molecule has 0 aromatic heterocycles. The number of benzene rings is 1. The molecule has 0 aliphatic heterocycles. The van der Waals surface area contributed by atoms with E-state index in [9.17, 15) is 0 Å². The van der Waals surface area contributed by atoms with Gasteiger partial charge in [-0.25, -0.2) is 0 Å². The Labute approximate surface area is 117 Å². The van der Waals surface area contributed by atoms with Gasteiger partial charge in [-0.2, -0.15) is 0 Å². The molecule has 1 unspecified atom stereocenters. The fourth-order valence-corrected chi connectivity index (χ4v) is 3.16. The van der Waals surface area contributed by atoms with Crippen molar-refractivity contribution in [3.63, 3.8) is 0 Å². The fourth-order valence-electron chi connectivity index (χ4n) is 1.54. The number of rotatable bonds is 7. The van der Waals surface area contributed by atoms with Gasteiger partial charge in [0.25, 0.3) is 0 Å². The topological polar surface area (TPSA) is 12.0 Å². The average molecular weight is 312 g/mol. The monoisotopic (exact) mass is 311 g/mol. The predicted octanol–water partition coefficient (Wildman–Crippen LogP) is 3.93. The van der Waals surface area contributed by atoms with Gasteiger partial charge in [-0.05, 0) is 31.2 Å². The Balaban J connectivity index is 2.43. The van der Waals surface area contributed by atoms with Crippen molar-refractivity contribution in [1.29, 1.82) is 0 Å². The third kappa shape index (κ3) is 6.16. The second kappa shape index (κ2) is 8.63. The highest BCUT2D eigenvalue weighted by molar-refractivity contribution is 9.10. The first-order chi connectivity index (χ1) is 8.26. The van der Waals surface area contributed by atoms with Crippen LogP contribution in [0.1, 0.15) is 19.8 Å². The van der Waals surface area contributed by atoms with E-state index in [0.29, 0.717) is 6.04 Å². The third-order valence-electron chi connectivity index (χ3n) is 2.38. The zero-order valence-electron chi connectivity index (χ0n) is 10.1. The number of thioether (sulfide) groups is 1. The first kappa shape index (κ1) is 14.6. The minimum Gasteiger partial charge on any atom is -0.313 e. The van der Waals surface area contributed by atoms with Gasteiger partial charge in [-0.1, -0.05) is 28.9 Å². The molecule has 1 rings (SSSR count). The Hall–Kier alpha value is -0.430. The summed E-state index contributed by atoms with van der Waals surface area (Å²) in [6, 6.07) is 8.90. The summed E-state index contributed by atoms with van der Waals surface area (Å²) in [6.07, 6.45) is 7.20. The lowest BCUT2D eigenvalue weighted by Gasteiger charge is -2.16. The van der Waals surface area contributed by atoms with Gasteiger partial charge >= 0.3 is 0 Å². The lowest BCUT2D eigenvalue weighted by molar-refractivity contribution is 0.545. The summed E-state index contributed by atoms with van der Waals surface area (Å²) < 4.78 is 1.13. The minimum atomic E-state index is 0.500. The highest BCUT2D eigenvalue weighted by Gasteiger charge is 2.07. The smallest absolute Gasteiger partial charge is 0.0186 e. The number of hydrogen-bond donors (Lipinski definition) is 1. The van der Waals surface area contributed by atoms with Gasteiger partial charge in [0, 0.05) is 27.6 Å². The number of hydrogen-bond acceptors (Lipinski definition) is 2. The molecule has 0 saturated carbocycles. The number of terminal acetylenes is 1. The molecule has 0 amide bonds. The van der Waals surface area contributed by atoms with Crippen LogP contribution in [0.4, 0.5) is 0 Å². The van der Waals surface area contributed by atoms with E-state index in [1.54, 1.807) is 0 Å².